The van der Waals surface area contributed by atoms with Gasteiger partial charge in [-0.25, -0.2) is 0 Å². The molecule has 0 saturated heterocycles. The van der Waals surface area contributed by atoms with Crippen molar-refractivity contribution in [1.82, 2.24) is 0 Å². The van der Waals surface area contributed by atoms with Crippen LogP contribution in [0.2, 0.25) is 0 Å². The SMILES string of the molecule is CSc1cccc(NC(=O)C(C)c2ccc(CC(C)C)cc2)c1. The quantitative estimate of drug-likeness (QED) is 0.725. The number of hydrogen-bond donors (Lipinski definition) is 1. The first-order valence-corrected chi connectivity index (χ1v) is 9.26. The highest BCUT2D eigenvalue weighted by Gasteiger charge is 2.15. The van der Waals surface area contributed by atoms with Crippen molar-refractivity contribution < 1.29 is 4.79 Å². The summed E-state index contributed by atoms with van der Waals surface area (Å²) in [4.78, 5) is 13.6. The molecule has 0 aliphatic rings. The van der Waals surface area contributed by atoms with Gasteiger partial charge in [0.1, 0.15) is 0 Å². The second-order valence-electron chi connectivity index (χ2n) is 6.28. The zero-order valence-electron chi connectivity index (χ0n) is 14.3. The molecule has 0 radical (unpaired) electrons. The van der Waals surface area contributed by atoms with E-state index in [2.05, 4.69) is 43.4 Å². The molecular weight excluding hydrogens is 302 g/mol. The number of carbonyl (C=O) groups excluding carboxylic acids is 1. The molecule has 122 valence electrons. The van der Waals surface area contributed by atoms with Gasteiger partial charge in [0.15, 0.2) is 0 Å². The summed E-state index contributed by atoms with van der Waals surface area (Å²) < 4.78 is 0. The number of rotatable bonds is 6. The lowest BCUT2D eigenvalue weighted by Crippen LogP contribution is -2.18. The Morgan fingerprint density at radius 2 is 1.78 bits per heavy atom. The molecule has 0 aliphatic heterocycles. The first kappa shape index (κ1) is 17.6. The van der Waals surface area contributed by atoms with Crippen LogP contribution in [0.5, 0.6) is 0 Å². The normalized spacial score (nSPS) is 12.2. The molecule has 1 unspecified atom stereocenters. The largest absolute Gasteiger partial charge is 0.326 e. The minimum Gasteiger partial charge on any atom is -0.326 e. The fraction of sp³-hybridized carbons (Fsp3) is 0.350. The smallest absolute Gasteiger partial charge is 0.231 e. The van der Waals surface area contributed by atoms with Crippen LogP contribution in [0.1, 0.15) is 37.8 Å². The van der Waals surface area contributed by atoms with Crippen molar-refractivity contribution in [2.45, 2.75) is 38.0 Å². The van der Waals surface area contributed by atoms with Gasteiger partial charge >= 0.3 is 0 Å². The molecule has 0 aliphatic carbocycles. The number of hydrogen-bond acceptors (Lipinski definition) is 2. The lowest BCUT2D eigenvalue weighted by Gasteiger charge is -2.14. The van der Waals surface area contributed by atoms with Crippen LogP contribution in [0.3, 0.4) is 0 Å². The van der Waals surface area contributed by atoms with E-state index in [1.807, 2.05) is 37.4 Å². The summed E-state index contributed by atoms with van der Waals surface area (Å²) in [6.07, 6.45) is 3.10. The molecule has 2 nitrogen and oxygen atoms in total. The minimum atomic E-state index is -0.166. The van der Waals surface area contributed by atoms with Crippen LogP contribution in [0.25, 0.3) is 0 Å². The zero-order valence-corrected chi connectivity index (χ0v) is 15.1. The van der Waals surface area contributed by atoms with E-state index in [1.165, 1.54) is 5.56 Å². The monoisotopic (exact) mass is 327 g/mol. The number of anilines is 1. The fourth-order valence-electron chi connectivity index (χ4n) is 2.52. The molecule has 0 saturated carbocycles. The molecule has 23 heavy (non-hydrogen) atoms. The molecule has 0 spiro atoms. The molecule has 2 aromatic carbocycles. The third kappa shape index (κ3) is 5.14. The molecule has 0 bridgehead atoms. The molecular formula is C20H25NOS. The third-order valence-corrected chi connectivity index (χ3v) is 4.58. The van der Waals surface area contributed by atoms with Crippen molar-refractivity contribution in [2.24, 2.45) is 5.92 Å². The first-order valence-electron chi connectivity index (χ1n) is 8.03. The summed E-state index contributed by atoms with van der Waals surface area (Å²) in [6, 6.07) is 16.3. The minimum absolute atomic E-state index is 0.0277. The van der Waals surface area contributed by atoms with Crippen molar-refractivity contribution in [1.29, 1.82) is 0 Å². The van der Waals surface area contributed by atoms with E-state index in [-0.39, 0.29) is 11.8 Å². The maximum atomic E-state index is 12.5. The predicted molar refractivity (Wildman–Crippen MR) is 100 cm³/mol. The van der Waals surface area contributed by atoms with Crippen LogP contribution in [0.15, 0.2) is 53.4 Å². The Morgan fingerprint density at radius 3 is 2.39 bits per heavy atom. The van der Waals surface area contributed by atoms with E-state index >= 15 is 0 Å². The Labute approximate surface area is 143 Å². The highest BCUT2D eigenvalue weighted by molar-refractivity contribution is 7.98. The van der Waals surface area contributed by atoms with Gasteiger partial charge in [-0.15, -0.1) is 11.8 Å². The van der Waals surface area contributed by atoms with E-state index in [1.54, 1.807) is 11.8 Å². The summed E-state index contributed by atoms with van der Waals surface area (Å²) in [6.45, 7) is 6.38. The maximum Gasteiger partial charge on any atom is 0.231 e. The maximum absolute atomic E-state index is 12.5. The summed E-state index contributed by atoms with van der Waals surface area (Å²) in [5.74, 6) is 0.506. The predicted octanol–water partition coefficient (Wildman–Crippen LogP) is 5.35. The topological polar surface area (TPSA) is 29.1 Å². The highest BCUT2D eigenvalue weighted by atomic mass is 32.2. The average molecular weight is 327 g/mol. The molecule has 1 atom stereocenters. The van der Waals surface area contributed by atoms with Crippen LogP contribution >= 0.6 is 11.8 Å². The van der Waals surface area contributed by atoms with Crippen molar-refractivity contribution in [3.8, 4) is 0 Å². The van der Waals surface area contributed by atoms with Crippen LogP contribution in [-0.2, 0) is 11.2 Å². The van der Waals surface area contributed by atoms with Gasteiger partial charge in [-0.2, -0.15) is 0 Å². The van der Waals surface area contributed by atoms with Gasteiger partial charge < -0.3 is 5.32 Å². The fourth-order valence-corrected chi connectivity index (χ4v) is 2.98. The Kier molecular flexibility index (Phi) is 6.28. The highest BCUT2D eigenvalue weighted by Crippen LogP contribution is 2.22. The van der Waals surface area contributed by atoms with E-state index in [9.17, 15) is 4.79 Å². The third-order valence-electron chi connectivity index (χ3n) is 3.85. The molecule has 0 heterocycles. The van der Waals surface area contributed by atoms with E-state index in [0.29, 0.717) is 5.92 Å². The molecule has 3 heteroatoms. The second-order valence-corrected chi connectivity index (χ2v) is 7.16. The Hall–Kier alpha value is -1.74. The molecule has 2 aromatic rings. The molecule has 1 N–H and O–H groups in total. The van der Waals surface area contributed by atoms with Crippen LogP contribution < -0.4 is 5.32 Å². The number of carbonyl (C=O) groups is 1. The molecule has 1 amide bonds. The van der Waals surface area contributed by atoms with Crippen molar-refractivity contribution in [3.05, 3.63) is 59.7 Å². The summed E-state index contributed by atoms with van der Waals surface area (Å²) in [7, 11) is 0. The lowest BCUT2D eigenvalue weighted by atomic mass is 9.96. The van der Waals surface area contributed by atoms with Crippen LogP contribution in [0, 0.1) is 5.92 Å². The Balaban J connectivity index is 2.03. The molecule has 0 fully saturated rings. The number of benzene rings is 2. The standard InChI is InChI=1S/C20H25NOS/c1-14(2)12-16-8-10-17(11-9-16)15(3)20(22)21-18-6-5-7-19(13-18)23-4/h5-11,13-15H,12H2,1-4H3,(H,21,22). The average Bonchev–Trinajstić information content (AvgIpc) is 2.54. The van der Waals surface area contributed by atoms with Crippen molar-refractivity contribution in [3.63, 3.8) is 0 Å². The Morgan fingerprint density at radius 1 is 1.09 bits per heavy atom. The van der Waals surface area contributed by atoms with Crippen LogP contribution in [0.4, 0.5) is 5.69 Å². The summed E-state index contributed by atoms with van der Waals surface area (Å²) in [5.41, 5.74) is 3.23. The van der Waals surface area contributed by atoms with Gasteiger partial charge in [0.25, 0.3) is 0 Å². The van der Waals surface area contributed by atoms with Gasteiger partial charge in [0.2, 0.25) is 5.91 Å². The van der Waals surface area contributed by atoms with Crippen molar-refractivity contribution >= 4 is 23.4 Å². The zero-order chi connectivity index (χ0) is 16.8. The number of amides is 1. The number of nitrogens with one attached hydrogen (secondary N) is 1. The van der Waals surface area contributed by atoms with Crippen molar-refractivity contribution in [2.75, 3.05) is 11.6 Å². The number of thioether (sulfide) groups is 1. The van der Waals surface area contributed by atoms with Gasteiger partial charge in [-0.3, -0.25) is 4.79 Å². The van der Waals surface area contributed by atoms with Crippen LogP contribution in [-0.4, -0.2) is 12.2 Å². The first-order chi connectivity index (χ1) is 11.0. The molecule has 0 aromatic heterocycles. The second kappa shape index (κ2) is 8.21. The van der Waals surface area contributed by atoms with Gasteiger partial charge in [-0.05, 0) is 54.8 Å². The summed E-state index contributed by atoms with van der Waals surface area (Å²) in [5, 5.41) is 3.01. The van der Waals surface area contributed by atoms with Gasteiger partial charge in [0, 0.05) is 10.6 Å². The van der Waals surface area contributed by atoms with Gasteiger partial charge in [-0.1, -0.05) is 44.2 Å². The lowest BCUT2D eigenvalue weighted by molar-refractivity contribution is -0.117. The van der Waals surface area contributed by atoms with E-state index in [4.69, 9.17) is 0 Å². The summed E-state index contributed by atoms with van der Waals surface area (Å²) >= 11 is 1.67. The van der Waals surface area contributed by atoms with E-state index in [0.717, 1.165) is 22.6 Å². The van der Waals surface area contributed by atoms with E-state index < -0.39 is 0 Å². The Bertz CT molecular complexity index is 649. The molecule has 2 rings (SSSR count). The van der Waals surface area contributed by atoms with Gasteiger partial charge in [0.05, 0.1) is 5.92 Å².